The number of allylic oxidation sites excluding steroid dienone is 3. The molecule has 0 aromatic carbocycles. The van der Waals surface area contributed by atoms with E-state index < -0.39 is 11.9 Å². The summed E-state index contributed by atoms with van der Waals surface area (Å²) < 4.78 is 4.45. The highest BCUT2D eigenvalue weighted by Gasteiger charge is 2.30. The number of carbonyl (C=O) groups excluding carboxylic acids is 2. The second-order valence-electron chi connectivity index (χ2n) is 4.01. The number of ether oxygens (including phenoxy) is 1. The molecule has 0 radical (unpaired) electrons. The molecule has 0 spiro atoms. The lowest BCUT2D eigenvalue weighted by atomic mass is 10.1. The van der Waals surface area contributed by atoms with Crippen molar-refractivity contribution in [3.63, 3.8) is 0 Å². The Hall–Kier alpha value is -1.38. The van der Waals surface area contributed by atoms with Crippen molar-refractivity contribution in [2.45, 2.75) is 61.8 Å². The Morgan fingerprint density at radius 2 is 1.89 bits per heavy atom. The van der Waals surface area contributed by atoms with E-state index in [-0.39, 0.29) is 34.6 Å². The first-order valence-corrected chi connectivity index (χ1v) is 5.70. The van der Waals surface area contributed by atoms with Crippen molar-refractivity contribution in [2.24, 2.45) is 5.92 Å². The minimum Gasteiger partial charge on any atom is -0.393 e. The molecular weight excluding hydrogens is 240 g/mol. The lowest BCUT2D eigenvalue weighted by Crippen LogP contribution is -2.03. The average Bonchev–Trinajstić information content (AvgIpc) is 2.56. The van der Waals surface area contributed by atoms with Crippen LogP contribution in [0.5, 0.6) is 0 Å². The fourth-order valence-corrected chi connectivity index (χ4v) is 1.47. The number of cyclic esters (lactones) is 2. The molecular formula is C16H30O3. The van der Waals surface area contributed by atoms with Crippen LogP contribution in [-0.2, 0) is 14.3 Å². The van der Waals surface area contributed by atoms with Gasteiger partial charge in [-0.25, -0.2) is 0 Å². The van der Waals surface area contributed by atoms with Gasteiger partial charge in [0.05, 0.1) is 12.3 Å². The van der Waals surface area contributed by atoms with Gasteiger partial charge < -0.3 is 4.74 Å². The highest BCUT2D eigenvalue weighted by molar-refractivity contribution is 5.95. The van der Waals surface area contributed by atoms with Gasteiger partial charge >= 0.3 is 11.9 Å². The Morgan fingerprint density at radius 1 is 1.26 bits per heavy atom. The Labute approximate surface area is 118 Å². The summed E-state index contributed by atoms with van der Waals surface area (Å²) in [4.78, 5) is 21.9. The molecule has 1 unspecified atom stereocenters. The molecule has 1 fully saturated rings. The van der Waals surface area contributed by atoms with E-state index in [0.29, 0.717) is 0 Å². The molecule has 3 heteroatoms. The Kier molecular flexibility index (Phi) is 14.0. The van der Waals surface area contributed by atoms with Crippen molar-refractivity contribution >= 4 is 11.9 Å². The monoisotopic (exact) mass is 270 g/mol. The van der Waals surface area contributed by atoms with Gasteiger partial charge in [0.1, 0.15) is 0 Å². The number of hydrogen-bond acceptors (Lipinski definition) is 3. The summed E-state index contributed by atoms with van der Waals surface area (Å²) in [5.41, 5.74) is 1.38. The molecule has 112 valence electrons. The molecule has 0 bridgehead atoms. The van der Waals surface area contributed by atoms with E-state index in [1.54, 1.807) is 6.08 Å². The zero-order chi connectivity index (χ0) is 12.0. The van der Waals surface area contributed by atoms with Crippen molar-refractivity contribution < 1.29 is 14.3 Å². The molecule has 1 heterocycles. The SMILES string of the molecule is C.C.C.CC/C(C)=C/CCC=CC1CC(=O)OC1=O. The fraction of sp³-hybridized carbons (Fsp3) is 0.625. The van der Waals surface area contributed by atoms with E-state index >= 15 is 0 Å². The number of hydrogen-bond donors (Lipinski definition) is 0. The summed E-state index contributed by atoms with van der Waals surface area (Å²) in [7, 11) is 0. The van der Waals surface area contributed by atoms with Crippen LogP contribution < -0.4 is 0 Å². The summed E-state index contributed by atoms with van der Waals surface area (Å²) in [6, 6.07) is 0. The summed E-state index contributed by atoms with van der Waals surface area (Å²) in [6.07, 6.45) is 9.07. The maximum atomic E-state index is 11.1. The minimum atomic E-state index is -0.415. The van der Waals surface area contributed by atoms with E-state index in [9.17, 15) is 9.59 Å². The predicted octanol–water partition coefficient (Wildman–Crippen LogP) is 4.68. The van der Waals surface area contributed by atoms with Gasteiger partial charge in [0.2, 0.25) is 0 Å². The maximum Gasteiger partial charge on any atom is 0.321 e. The van der Waals surface area contributed by atoms with Crippen molar-refractivity contribution in [1.29, 1.82) is 0 Å². The largest absolute Gasteiger partial charge is 0.393 e. The van der Waals surface area contributed by atoms with E-state index in [2.05, 4.69) is 24.7 Å². The van der Waals surface area contributed by atoms with Crippen LogP contribution in [0.4, 0.5) is 0 Å². The summed E-state index contributed by atoms with van der Waals surface area (Å²) in [6.45, 7) is 4.23. The third kappa shape index (κ3) is 8.36. The van der Waals surface area contributed by atoms with Crippen LogP contribution >= 0.6 is 0 Å². The molecule has 0 aromatic heterocycles. The second-order valence-corrected chi connectivity index (χ2v) is 4.01. The summed E-state index contributed by atoms with van der Waals surface area (Å²) >= 11 is 0. The first-order chi connectivity index (χ1) is 7.63. The van der Waals surface area contributed by atoms with Crippen LogP contribution in [-0.4, -0.2) is 11.9 Å². The Morgan fingerprint density at radius 3 is 2.37 bits per heavy atom. The van der Waals surface area contributed by atoms with Crippen LogP contribution in [0.3, 0.4) is 0 Å². The van der Waals surface area contributed by atoms with E-state index in [4.69, 9.17) is 0 Å². The van der Waals surface area contributed by atoms with Crippen molar-refractivity contribution in [3.8, 4) is 0 Å². The fourth-order valence-electron chi connectivity index (χ4n) is 1.47. The van der Waals surface area contributed by atoms with Crippen LogP contribution in [0.1, 0.15) is 61.8 Å². The van der Waals surface area contributed by atoms with Crippen LogP contribution in [0.15, 0.2) is 23.8 Å². The molecule has 0 aromatic rings. The summed E-state index contributed by atoms with van der Waals surface area (Å²) in [5.74, 6) is -1.19. The number of rotatable bonds is 5. The lowest BCUT2D eigenvalue weighted by molar-refractivity contribution is -0.152. The molecule has 3 nitrogen and oxygen atoms in total. The molecule has 19 heavy (non-hydrogen) atoms. The van der Waals surface area contributed by atoms with E-state index in [0.717, 1.165) is 19.3 Å². The predicted molar refractivity (Wildman–Crippen MR) is 81.8 cm³/mol. The van der Waals surface area contributed by atoms with E-state index in [1.807, 2.05) is 6.08 Å². The number of esters is 2. The van der Waals surface area contributed by atoms with Crippen molar-refractivity contribution in [1.82, 2.24) is 0 Å². The smallest absolute Gasteiger partial charge is 0.321 e. The highest BCUT2D eigenvalue weighted by atomic mass is 16.6. The average molecular weight is 270 g/mol. The molecule has 1 saturated heterocycles. The van der Waals surface area contributed by atoms with Gasteiger partial charge in [0.25, 0.3) is 0 Å². The van der Waals surface area contributed by atoms with Crippen molar-refractivity contribution in [2.75, 3.05) is 0 Å². The first-order valence-electron chi connectivity index (χ1n) is 5.70. The van der Waals surface area contributed by atoms with Gasteiger partial charge in [-0.2, -0.15) is 0 Å². The zero-order valence-corrected chi connectivity index (χ0v) is 9.86. The molecule has 1 rings (SSSR count). The maximum absolute atomic E-state index is 11.1. The molecule has 0 amide bonds. The van der Waals surface area contributed by atoms with Gasteiger partial charge in [-0.15, -0.1) is 0 Å². The zero-order valence-electron chi connectivity index (χ0n) is 9.86. The van der Waals surface area contributed by atoms with Gasteiger partial charge in [-0.05, 0) is 26.2 Å². The first kappa shape index (κ1) is 22.8. The van der Waals surface area contributed by atoms with E-state index in [1.165, 1.54) is 5.57 Å². The third-order valence-corrected chi connectivity index (χ3v) is 2.66. The molecule has 0 aliphatic carbocycles. The quantitative estimate of drug-likeness (QED) is 0.315. The van der Waals surface area contributed by atoms with Gasteiger partial charge in [-0.1, -0.05) is 53.0 Å². The van der Waals surface area contributed by atoms with Gasteiger partial charge in [0.15, 0.2) is 0 Å². The van der Waals surface area contributed by atoms with Crippen LogP contribution in [0.25, 0.3) is 0 Å². The highest BCUT2D eigenvalue weighted by Crippen LogP contribution is 2.17. The van der Waals surface area contributed by atoms with Crippen LogP contribution in [0, 0.1) is 5.92 Å². The molecule has 1 atom stereocenters. The molecule has 1 aliphatic heterocycles. The minimum absolute atomic E-state index is 0. The Bertz CT molecular complexity index is 327. The Balaban J connectivity index is -0.000000853. The molecule has 0 saturated carbocycles. The number of unbranched alkanes of at least 4 members (excludes halogenated alkanes) is 1. The molecule has 0 N–H and O–H groups in total. The lowest BCUT2D eigenvalue weighted by Gasteiger charge is -1.95. The standard InChI is InChI=1S/C13H18O3.3CH4/c1-3-10(2)7-5-4-6-8-11-9-12(14)16-13(11)15;;;/h6-8,11H,3-5,9H2,1-2H3;3*1H4/b8-6?,10-7+;;;. The topological polar surface area (TPSA) is 43.4 Å². The number of carbonyl (C=O) groups is 2. The van der Waals surface area contributed by atoms with Gasteiger partial charge in [-0.3, -0.25) is 9.59 Å². The molecule has 1 aliphatic rings. The summed E-state index contributed by atoms with van der Waals surface area (Å²) in [5, 5.41) is 0. The van der Waals surface area contributed by atoms with Gasteiger partial charge in [0, 0.05) is 0 Å². The normalized spacial score (nSPS) is 18.4. The third-order valence-electron chi connectivity index (χ3n) is 2.66. The van der Waals surface area contributed by atoms with Crippen molar-refractivity contribution in [3.05, 3.63) is 23.8 Å². The second kappa shape index (κ2) is 11.7. The van der Waals surface area contributed by atoms with Crippen LogP contribution in [0.2, 0.25) is 0 Å².